The number of anilines is 1. The molecule has 0 spiro atoms. The average Bonchev–Trinajstić information content (AvgIpc) is 3.05. The highest BCUT2D eigenvalue weighted by Crippen LogP contribution is 2.28. The van der Waals surface area contributed by atoms with E-state index in [1.54, 1.807) is 0 Å². The minimum Gasteiger partial charge on any atom is -0.406 e. The minimum absolute atomic E-state index is 0.165. The summed E-state index contributed by atoms with van der Waals surface area (Å²) in [7, 11) is 5.70. The molecule has 3 rings (SSSR count). The minimum atomic E-state index is -4.81. The smallest absolute Gasteiger partial charge is 0.406 e. The van der Waals surface area contributed by atoms with Gasteiger partial charge in [0.25, 0.3) is 0 Å². The molecule has 0 fully saturated rings. The highest BCUT2D eigenvalue weighted by atomic mass is 19.4. The van der Waals surface area contributed by atoms with Crippen LogP contribution in [0, 0.1) is 0 Å². The molecule has 0 aliphatic heterocycles. The fraction of sp³-hybridized carbons (Fsp3) is 0.273. The predicted molar refractivity (Wildman–Crippen MR) is 114 cm³/mol. The van der Waals surface area contributed by atoms with Gasteiger partial charge in [-0.1, -0.05) is 18.2 Å². The predicted octanol–water partition coefficient (Wildman–Crippen LogP) is 3.43. The Labute approximate surface area is 182 Å². The summed E-state index contributed by atoms with van der Waals surface area (Å²) in [6.07, 6.45) is -2.82. The Balaban J connectivity index is 1.63. The number of aryl methyl sites for hydroxylation is 1. The third-order valence-electron chi connectivity index (χ3n) is 4.92. The summed E-state index contributed by atoms with van der Waals surface area (Å²) >= 11 is 0. The van der Waals surface area contributed by atoms with E-state index in [1.165, 1.54) is 12.1 Å². The van der Waals surface area contributed by atoms with Crippen molar-refractivity contribution in [2.75, 3.05) is 26.0 Å². The van der Waals surface area contributed by atoms with Crippen LogP contribution in [0.15, 0.2) is 54.7 Å². The number of carbonyl (C=O) groups is 2. The number of hydrogen-bond acceptors (Lipinski definition) is 4. The van der Waals surface area contributed by atoms with Crippen LogP contribution in [0.2, 0.25) is 0 Å². The van der Waals surface area contributed by atoms with Gasteiger partial charge in [0.1, 0.15) is 5.75 Å². The van der Waals surface area contributed by atoms with Crippen LogP contribution in [0.1, 0.15) is 11.6 Å². The molecule has 32 heavy (non-hydrogen) atoms. The summed E-state index contributed by atoms with van der Waals surface area (Å²) in [4.78, 5) is 26.5. The zero-order valence-corrected chi connectivity index (χ0v) is 17.7. The first-order valence-electron chi connectivity index (χ1n) is 9.70. The molecule has 0 unspecified atom stereocenters. The summed E-state index contributed by atoms with van der Waals surface area (Å²) in [6.45, 7) is 0.186. The van der Waals surface area contributed by atoms with Gasteiger partial charge >= 0.3 is 18.2 Å². The number of hydrogen-bond donors (Lipinski definition) is 2. The number of carbonyl (C=O) groups excluding carboxylic acids is 2. The number of fused-ring (bicyclic) bond motifs is 1. The van der Waals surface area contributed by atoms with Gasteiger partial charge in [0.2, 0.25) is 0 Å². The number of aromatic nitrogens is 1. The van der Waals surface area contributed by atoms with E-state index in [9.17, 15) is 22.8 Å². The van der Waals surface area contributed by atoms with Crippen LogP contribution < -0.4 is 15.4 Å². The maximum absolute atomic E-state index is 12.3. The Morgan fingerprint density at radius 1 is 1.06 bits per heavy atom. The Hall–Kier alpha value is -3.53. The van der Waals surface area contributed by atoms with Crippen molar-refractivity contribution in [2.24, 2.45) is 7.05 Å². The molecule has 7 nitrogen and oxygen atoms in total. The lowest BCUT2D eigenvalue weighted by Crippen LogP contribution is -2.40. The van der Waals surface area contributed by atoms with Crippen molar-refractivity contribution in [3.8, 4) is 5.75 Å². The molecule has 10 heteroatoms. The first-order valence-corrected chi connectivity index (χ1v) is 9.70. The SMILES string of the molecule is CN(C)[C@H](CNC(=O)C(=O)Nc1ccc(OC(F)(F)F)cc1)c1cn(C)c2ccccc12. The van der Waals surface area contributed by atoms with Crippen LogP contribution in [0.5, 0.6) is 5.75 Å². The summed E-state index contributed by atoms with van der Waals surface area (Å²) < 4.78 is 42.4. The number of likely N-dealkylation sites (N-methyl/N-ethyl adjacent to an activating group) is 1. The van der Waals surface area contributed by atoms with Gasteiger partial charge in [-0.05, 0) is 50.0 Å². The highest BCUT2D eigenvalue weighted by molar-refractivity contribution is 6.39. The number of benzene rings is 2. The average molecular weight is 448 g/mol. The van der Waals surface area contributed by atoms with E-state index in [0.29, 0.717) is 0 Å². The van der Waals surface area contributed by atoms with Crippen LogP contribution in [0.3, 0.4) is 0 Å². The van der Waals surface area contributed by atoms with Gasteiger partial charge in [0.15, 0.2) is 0 Å². The lowest BCUT2D eigenvalue weighted by atomic mass is 10.0. The van der Waals surface area contributed by atoms with Gasteiger partial charge in [-0.15, -0.1) is 13.2 Å². The molecule has 2 amide bonds. The number of nitrogens with zero attached hydrogens (tertiary/aromatic N) is 2. The van der Waals surface area contributed by atoms with E-state index in [1.807, 2.05) is 61.1 Å². The van der Waals surface area contributed by atoms with E-state index < -0.39 is 23.9 Å². The van der Waals surface area contributed by atoms with Crippen molar-refractivity contribution in [2.45, 2.75) is 12.4 Å². The molecule has 0 aliphatic carbocycles. The number of para-hydroxylation sites is 1. The molecule has 0 saturated carbocycles. The third-order valence-corrected chi connectivity index (χ3v) is 4.92. The second kappa shape index (κ2) is 9.31. The molecule has 0 radical (unpaired) electrons. The maximum Gasteiger partial charge on any atom is 0.573 e. The Kier molecular flexibility index (Phi) is 6.73. The maximum atomic E-state index is 12.3. The van der Waals surface area contributed by atoms with Crippen molar-refractivity contribution in [1.82, 2.24) is 14.8 Å². The summed E-state index contributed by atoms with van der Waals surface area (Å²) in [5.41, 5.74) is 2.23. The van der Waals surface area contributed by atoms with Crippen LogP contribution in [-0.2, 0) is 16.6 Å². The van der Waals surface area contributed by atoms with Crippen LogP contribution in [-0.4, -0.2) is 48.3 Å². The summed E-state index contributed by atoms with van der Waals surface area (Å²) in [5.74, 6) is -2.21. The molecule has 2 N–H and O–H groups in total. The molecule has 2 aromatic carbocycles. The van der Waals surface area contributed by atoms with Crippen LogP contribution >= 0.6 is 0 Å². The number of halogens is 3. The van der Waals surface area contributed by atoms with Crippen molar-refractivity contribution < 1.29 is 27.5 Å². The van der Waals surface area contributed by atoms with E-state index in [0.717, 1.165) is 28.6 Å². The van der Waals surface area contributed by atoms with E-state index >= 15 is 0 Å². The number of ether oxygens (including phenoxy) is 1. The second-order valence-electron chi connectivity index (χ2n) is 7.43. The number of rotatable bonds is 6. The molecule has 0 saturated heterocycles. The van der Waals surface area contributed by atoms with Crippen molar-refractivity contribution in [3.05, 3.63) is 60.3 Å². The van der Waals surface area contributed by atoms with Gasteiger partial charge < -0.3 is 24.8 Å². The van der Waals surface area contributed by atoms with Gasteiger partial charge in [-0.3, -0.25) is 9.59 Å². The van der Waals surface area contributed by atoms with Crippen molar-refractivity contribution >= 4 is 28.4 Å². The zero-order chi connectivity index (χ0) is 23.5. The van der Waals surface area contributed by atoms with E-state index in [-0.39, 0.29) is 18.3 Å². The molecule has 1 heterocycles. The van der Waals surface area contributed by atoms with Crippen LogP contribution in [0.25, 0.3) is 10.9 Å². The lowest BCUT2D eigenvalue weighted by molar-refractivity contribution is -0.274. The first kappa shape index (κ1) is 23.1. The second-order valence-corrected chi connectivity index (χ2v) is 7.43. The monoisotopic (exact) mass is 448 g/mol. The first-order chi connectivity index (χ1) is 15.0. The molecular weight excluding hydrogens is 425 g/mol. The fourth-order valence-electron chi connectivity index (χ4n) is 3.41. The van der Waals surface area contributed by atoms with Crippen molar-refractivity contribution in [3.63, 3.8) is 0 Å². The number of amides is 2. The van der Waals surface area contributed by atoms with Crippen molar-refractivity contribution in [1.29, 1.82) is 0 Å². The van der Waals surface area contributed by atoms with Crippen LogP contribution in [0.4, 0.5) is 18.9 Å². The molecule has 1 atom stereocenters. The van der Waals surface area contributed by atoms with Gasteiger partial charge in [-0.2, -0.15) is 0 Å². The fourth-order valence-corrected chi connectivity index (χ4v) is 3.41. The molecular formula is C22H23F3N4O3. The summed E-state index contributed by atoms with van der Waals surface area (Å²) in [5, 5.41) is 6.03. The Morgan fingerprint density at radius 3 is 2.34 bits per heavy atom. The van der Waals surface area contributed by atoms with Gasteiger partial charge in [0, 0.05) is 36.4 Å². The normalized spacial score (nSPS) is 12.6. The largest absolute Gasteiger partial charge is 0.573 e. The summed E-state index contributed by atoms with van der Waals surface area (Å²) in [6, 6.07) is 12.2. The highest BCUT2D eigenvalue weighted by Gasteiger charge is 2.31. The van der Waals surface area contributed by atoms with Gasteiger partial charge in [-0.25, -0.2) is 0 Å². The zero-order valence-electron chi connectivity index (χ0n) is 17.7. The Morgan fingerprint density at radius 2 is 1.72 bits per heavy atom. The number of nitrogens with one attached hydrogen (secondary N) is 2. The molecule has 170 valence electrons. The van der Waals surface area contributed by atoms with E-state index in [2.05, 4.69) is 15.4 Å². The molecule has 0 aliphatic rings. The Bertz CT molecular complexity index is 1110. The standard InChI is InChI=1S/C22H23F3N4O3/c1-28(2)19(17-13-29(3)18-7-5-4-6-16(17)18)12-26-20(30)21(31)27-14-8-10-15(11-9-14)32-22(23,24)25/h4-11,13,19H,12H2,1-3H3,(H,26,30)(H,27,31)/t19-/m1/s1. The molecule has 0 bridgehead atoms. The van der Waals surface area contributed by atoms with Gasteiger partial charge in [0.05, 0.1) is 6.04 Å². The molecule has 3 aromatic rings. The lowest BCUT2D eigenvalue weighted by Gasteiger charge is -2.24. The number of alkyl halides is 3. The third kappa shape index (κ3) is 5.58. The topological polar surface area (TPSA) is 75.6 Å². The van der Waals surface area contributed by atoms with E-state index in [4.69, 9.17) is 0 Å². The quantitative estimate of drug-likeness (QED) is 0.567. The molecule has 1 aromatic heterocycles.